The Morgan fingerprint density at radius 1 is 1.43 bits per heavy atom. The van der Waals surface area contributed by atoms with Gasteiger partial charge in [-0.05, 0) is 6.92 Å². The zero-order chi connectivity index (χ0) is 22.4. The maximum absolute atomic E-state index is 14.7. The number of alkyl halides is 4. The Labute approximate surface area is 171 Å². The number of anilines is 1. The number of nitrogens with two attached hydrogens (primary N) is 2. The highest BCUT2D eigenvalue weighted by Gasteiger charge is 2.47. The van der Waals surface area contributed by atoms with Crippen LogP contribution in [0.5, 0.6) is 0 Å². The van der Waals surface area contributed by atoms with E-state index in [1.165, 1.54) is 0 Å². The number of nitrogens with zero attached hydrogens (tertiary/aromatic N) is 4. The first-order valence-corrected chi connectivity index (χ1v) is 10.5. The number of aliphatic hydroxyl groups excluding tert-OH is 1. The maximum Gasteiger partial charge on any atom is 0.400 e. The second kappa shape index (κ2) is 8.04. The van der Waals surface area contributed by atoms with Crippen LogP contribution in [-0.4, -0.2) is 69.7 Å². The minimum atomic E-state index is -4.55. The number of fused-ring (bicyclic) bond motifs is 1. The summed E-state index contributed by atoms with van der Waals surface area (Å²) in [5.74, 6) is -0.189. The van der Waals surface area contributed by atoms with Gasteiger partial charge in [0.15, 0.2) is 18.0 Å². The molecule has 30 heavy (non-hydrogen) atoms. The van der Waals surface area contributed by atoms with E-state index in [0.717, 1.165) is 17.9 Å². The molecular formula is C13H16F4N6O5S2. The summed E-state index contributed by atoms with van der Waals surface area (Å²) in [6.45, 7) is 0.115. The predicted molar refractivity (Wildman–Crippen MR) is 95.0 cm³/mol. The minimum Gasteiger partial charge on any atom is -0.387 e. The van der Waals surface area contributed by atoms with Crippen molar-refractivity contribution in [3.8, 4) is 0 Å². The standard InChI is InChI=1S/C13H16F4N6O5S2/c1-4(13(15,16)17)29-11-6-9(18)20-3-21-10(6)23(22-11)12-7(14)8(24)5(28-12)2-27-30(19,25)26/h3-5,7-8,12,24H,2H2,1H3,(H2,18,20,21)(H2,19,25,26)/t4-,5+,7-,8+,12+/m0/s1. The van der Waals surface area contributed by atoms with Crippen LogP contribution >= 0.6 is 11.8 Å². The number of aromatic nitrogens is 4. The monoisotopic (exact) mass is 476 g/mol. The van der Waals surface area contributed by atoms with E-state index in [0.29, 0.717) is 11.8 Å². The van der Waals surface area contributed by atoms with Crippen LogP contribution in [0.15, 0.2) is 11.4 Å². The van der Waals surface area contributed by atoms with E-state index in [1.54, 1.807) is 0 Å². The van der Waals surface area contributed by atoms with E-state index >= 15 is 0 Å². The quantitative estimate of drug-likeness (QED) is 0.389. The summed E-state index contributed by atoms with van der Waals surface area (Å²) in [4.78, 5) is 7.60. The topological polar surface area (TPSA) is 168 Å². The average molecular weight is 476 g/mol. The number of hydrogen-bond donors (Lipinski definition) is 3. The number of hydrogen-bond acceptors (Lipinski definition) is 10. The van der Waals surface area contributed by atoms with E-state index in [-0.39, 0.29) is 21.9 Å². The summed E-state index contributed by atoms with van der Waals surface area (Å²) in [6, 6.07) is 0. The van der Waals surface area contributed by atoms with E-state index < -0.39 is 52.9 Å². The number of halogens is 4. The Morgan fingerprint density at radius 2 is 2.10 bits per heavy atom. The van der Waals surface area contributed by atoms with Gasteiger partial charge in [-0.3, -0.25) is 4.18 Å². The highest BCUT2D eigenvalue weighted by molar-refractivity contribution is 8.00. The van der Waals surface area contributed by atoms with Gasteiger partial charge in [0.05, 0.1) is 12.0 Å². The SMILES string of the molecule is C[C@H](Sc1nn([C@@H]2O[C@H](COS(N)(=O)=O)[C@@H](O)[C@@H]2F)c2ncnc(N)c12)C(F)(F)F. The van der Waals surface area contributed by atoms with Gasteiger partial charge >= 0.3 is 16.5 Å². The molecule has 11 nitrogen and oxygen atoms in total. The molecule has 1 aliphatic heterocycles. The smallest absolute Gasteiger partial charge is 0.387 e. The van der Waals surface area contributed by atoms with Crippen LogP contribution < -0.4 is 10.9 Å². The summed E-state index contributed by atoms with van der Waals surface area (Å²) < 4.78 is 85.9. The average Bonchev–Trinajstić information content (AvgIpc) is 3.11. The number of nitrogen functional groups attached to an aromatic ring is 1. The van der Waals surface area contributed by atoms with Gasteiger partial charge in [-0.2, -0.15) is 26.7 Å². The molecule has 17 heteroatoms. The van der Waals surface area contributed by atoms with E-state index in [4.69, 9.17) is 15.6 Å². The zero-order valence-corrected chi connectivity index (χ0v) is 16.7. The maximum atomic E-state index is 14.7. The number of ether oxygens (including phenoxy) is 1. The van der Waals surface area contributed by atoms with Crippen molar-refractivity contribution in [2.24, 2.45) is 5.14 Å². The number of thioether (sulfide) groups is 1. The van der Waals surface area contributed by atoms with Crippen molar-refractivity contribution in [3.05, 3.63) is 6.33 Å². The second-order valence-corrected chi connectivity index (χ2v) is 8.84. The lowest BCUT2D eigenvalue weighted by molar-refractivity contribution is -0.125. The zero-order valence-electron chi connectivity index (χ0n) is 15.0. The van der Waals surface area contributed by atoms with Crippen LogP contribution in [0.4, 0.5) is 23.4 Å². The van der Waals surface area contributed by atoms with Gasteiger partial charge in [-0.15, -0.1) is 0 Å². The molecule has 0 aliphatic carbocycles. The van der Waals surface area contributed by atoms with Gasteiger partial charge in [0.2, 0.25) is 0 Å². The lowest BCUT2D eigenvalue weighted by Gasteiger charge is -2.15. The van der Waals surface area contributed by atoms with E-state index in [9.17, 15) is 31.1 Å². The summed E-state index contributed by atoms with van der Waals surface area (Å²) >= 11 is 0.312. The number of aliphatic hydroxyl groups is 1. The molecule has 5 atom stereocenters. The van der Waals surface area contributed by atoms with Crippen molar-refractivity contribution in [2.45, 2.75) is 48.0 Å². The summed E-state index contributed by atoms with van der Waals surface area (Å²) in [7, 11) is -4.38. The van der Waals surface area contributed by atoms with E-state index in [1.807, 2.05) is 0 Å². The van der Waals surface area contributed by atoms with Crippen molar-refractivity contribution in [2.75, 3.05) is 12.3 Å². The van der Waals surface area contributed by atoms with Crippen LogP contribution in [0.3, 0.4) is 0 Å². The molecule has 3 rings (SSSR count). The lowest BCUT2D eigenvalue weighted by atomic mass is 10.1. The third-order valence-electron chi connectivity index (χ3n) is 4.17. The molecule has 3 heterocycles. The third kappa shape index (κ3) is 4.59. The Bertz CT molecular complexity index is 1030. The predicted octanol–water partition coefficient (Wildman–Crippen LogP) is 0.268. The molecule has 0 saturated carbocycles. The molecule has 1 fully saturated rings. The van der Waals surface area contributed by atoms with Crippen LogP contribution in [-0.2, 0) is 19.2 Å². The van der Waals surface area contributed by atoms with Gasteiger partial charge in [0.25, 0.3) is 0 Å². The highest BCUT2D eigenvalue weighted by Crippen LogP contribution is 2.41. The Balaban J connectivity index is 1.97. The molecule has 5 N–H and O–H groups in total. The van der Waals surface area contributed by atoms with Crippen LogP contribution in [0.1, 0.15) is 13.2 Å². The van der Waals surface area contributed by atoms with Crippen LogP contribution in [0.2, 0.25) is 0 Å². The lowest BCUT2D eigenvalue weighted by Crippen LogP contribution is -2.33. The molecule has 0 amide bonds. The molecule has 2 aromatic rings. The number of rotatable bonds is 6. The molecule has 2 aromatic heterocycles. The van der Waals surface area contributed by atoms with Crippen molar-refractivity contribution in [1.29, 1.82) is 0 Å². The van der Waals surface area contributed by atoms with Crippen molar-refractivity contribution in [3.63, 3.8) is 0 Å². The van der Waals surface area contributed by atoms with Gasteiger partial charge in [0.1, 0.15) is 34.6 Å². The molecule has 0 unspecified atom stereocenters. The molecular weight excluding hydrogens is 460 g/mol. The third-order valence-corrected chi connectivity index (χ3v) is 5.76. The Kier molecular flexibility index (Phi) is 6.14. The van der Waals surface area contributed by atoms with Gasteiger partial charge in [0, 0.05) is 0 Å². The highest BCUT2D eigenvalue weighted by atomic mass is 32.2. The first kappa shape index (κ1) is 22.9. The van der Waals surface area contributed by atoms with Gasteiger partial charge in [-0.25, -0.2) is 24.2 Å². The first-order chi connectivity index (χ1) is 13.8. The molecule has 0 spiro atoms. The van der Waals surface area contributed by atoms with Gasteiger partial charge < -0.3 is 15.6 Å². The normalized spacial score (nSPS) is 26.4. The molecule has 1 aliphatic rings. The summed E-state index contributed by atoms with van der Waals surface area (Å²) in [5, 5.41) is 16.5. The molecule has 0 bridgehead atoms. The molecule has 168 valence electrons. The van der Waals surface area contributed by atoms with Gasteiger partial charge in [-0.1, -0.05) is 11.8 Å². The fourth-order valence-electron chi connectivity index (χ4n) is 2.66. The molecule has 0 aromatic carbocycles. The Hall–Kier alpha value is -1.79. The Morgan fingerprint density at radius 3 is 2.70 bits per heavy atom. The first-order valence-electron chi connectivity index (χ1n) is 8.16. The minimum absolute atomic E-state index is 0.0480. The van der Waals surface area contributed by atoms with Crippen molar-refractivity contribution in [1.82, 2.24) is 19.7 Å². The summed E-state index contributed by atoms with van der Waals surface area (Å²) in [5.41, 5.74) is 5.62. The molecule has 0 radical (unpaired) electrons. The fourth-order valence-corrected chi connectivity index (χ4v) is 3.90. The fraction of sp³-hybridized carbons (Fsp3) is 0.615. The van der Waals surface area contributed by atoms with Crippen molar-refractivity contribution < 1.29 is 40.0 Å². The largest absolute Gasteiger partial charge is 0.400 e. The van der Waals surface area contributed by atoms with E-state index in [2.05, 4.69) is 19.2 Å². The van der Waals surface area contributed by atoms with Crippen LogP contribution in [0.25, 0.3) is 11.0 Å². The summed E-state index contributed by atoms with van der Waals surface area (Å²) in [6.07, 6.45) is -10.6. The van der Waals surface area contributed by atoms with Crippen molar-refractivity contribution >= 4 is 38.9 Å². The molecule has 1 saturated heterocycles. The van der Waals surface area contributed by atoms with Crippen LogP contribution in [0, 0.1) is 0 Å². The second-order valence-electron chi connectivity index (χ2n) is 6.29.